The maximum atomic E-state index is 11.5. The molecule has 0 spiro atoms. The number of halogens is 1. The number of likely N-dealkylation sites (N-methyl/N-ethyl adjacent to an activating group) is 1. The second-order valence-corrected chi connectivity index (χ2v) is 5.18. The first-order chi connectivity index (χ1) is 8.33. The van der Waals surface area contributed by atoms with Crippen molar-refractivity contribution in [2.24, 2.45) is 0 Å². The molecule has 1 aromatic rings. The minimum absolute atomic E-state index is 0.128. The van der Waals surface area contributed by atoms with Gasteiger partial charge in [0.15, 0.2) is 0 Å². The van der Waals surface area contributed by atoms with Gasteiger partial charge in [0.1, 0.15) is 5.60 Å². The van der Waals surface area contributed by atoms with Crippen LogP contribution in [0, 0.1) is 0 Å². The summed E-state index contributed by atoms with van der Waals surface area (Å²) in [4.78, 5) is 13.3. The minimum atomic E-state index is -1.18. The molecule has 1 amide bonds. The summed E-state index contributed by atoms with van der Waals surface area (Å²) in [6, 6.07) is 7.07. The van der Waals surface area contributed by atoms with Gasteiger partial charge in [-0.3, -0.25) is 4.79 Å². The van der Waals surface area contributed by atoms with Crippen LogP contribution in [0.1, 0.15) is 12.5 Å². The Morgan fingerprint density at radius 3 is 2.61 bits per heavy atom. The van der Waals surface area contributed by atoms with Gasteiger partial charge in [-0.25, -0.2) is 0 Å². The fourth-order valence-electron chi connectivity index (χ4n) is 1.61. The number of hydrogen-bond donors (Lipinski definition) is 2. The number of nitrogens with one attached hydrogen (secondary N) is 1. The molecule has 4 nitrogen and oxygen atoms in total. The summed E-state index contributed by atoms with van der Waals surface area (Å²) < 4.78 is 0. The van der Waals surface area contributed by atoms with Crippen molar-refractivity contribution >= 4 is 17.5 Å². The van der Waals surface area contributed by atoms with Crippen molar-refractivity contribution in [3.05, 3.63) is 34.9 Å². The van der Waals surface area contributed by atoms with Crippen LogP contribution in [0.15, 0.2) is 24.3 Å². The van der Waals surface area contributed by atoms with Crippen molar-refractivity contribution in [2.45, 2.75) is 12.5 Å². The molecule has 0 bridgehead atoms. The highest BCUT2D eigenvalue weighted by Gasteiger charge is 2.25. The van der Waals surface area contributed by atoms with E-state index in [1.165, 1.54) is 0 Å². The zero-order valence-corrected chi connectivity index (χ0v) is 11.7. The van der Waals surface area contributed by atoms with Crippen LogP contribution >= 0.6 is 11.6 Å². The lowest BCUT2D eigenvalue weighted by Crippen LogP contribution is -2.42. The first kappa shape index (κ1) is 15.0. The molecule has 0 saturated heterocycles. The van der Waals surface area contributed by atoms with E-state index >= 15 is 0 Å². The van der Waals surface area contributed by atoms with E-state index in [0.717, 1.165) is 0 Å². The quantitative estimate of drug-likeness (QED) is 0.846. The molecule has 5 heteroatoms. The first-order valence-corrected chi connectivity index (χ1v) is 6.09. The van der Waals surface area contributed by atoms with Gasteiger partial charge >= 0.3 is 0 Å². The van der Waals surface area contributed by atoms with Crippen molar-refractivity contribution in [3.8, 4) is 0 Å². The standard InChI is InChI=1S/C13H19ClN2O2/c1-13(18,9-15-12(17)8-16(2)3)10-6-4-5-7-11(10)14/h4-7,18H,8-9H2,1-3H3,(H,15,17)/t13-/m1/s1. The van der Waals surface area contributed by atoms with E-state index in [2.05, 4.69) is 5.32 Å². The normalized spacial score (nSPS) is 14.3. The van der Waals surface area contributed by atoms with Crippen molar-refractivity contribution in [3.63, 3.8) is 0 Å². The molecule has 0 radical (unpaired) electrons. The van der Waals surface area contributed by atoms with Crippen molar-refractivity contribution in [2.75, 3.05) is 27.2 Å². The van der Waals surface area contributed by atoms with Crippen molar-refractivity contribution in [1.29, 1.82) is 0 Å². The molecule has 100 valence electrons. The van der Waals surface area contributed by atoms with E-state index in [9.17, 15) is 9.90 Å². The number of hydrogen-bond acceptors (Lipinski definition) is 3. The van der Waals surface area contributed by atoms with Gasteiger partial charge in [-0.15, -0.1) is 0 Å². The highest BCUT2D eigenvalue weighted by atomic mass is 35.5. The topological polar surface area (TPSA) is 52.6 Å². The largest absolute Gasteiger partial charge is 0.384 e. The Balaban J connectivity index is 2.65. The molecular weight excluding hydrogens is 252 g/mol. The molecular formula is C13H19ClN2O2. The summed E-state index contributed by atoms with van der Waals surface area (Å²) in [6.45, 7) is 2.05. The second kappa shape index (κ2) is 6.18. The molecule has 1 rings (SSSR count). The zero-order chi connectivity index (χ0) is 13.8. The van der Waals surface area contributed by atoms with Crippen LogP contribution in [-0.2, 0) is 10.4 Å². The Labute approximate surface area is 113 Å². The monoisotopic (exact) mass is 270 g/mol. The Morgan fingerprint density at radius 2 is 2.06 bits per heavy atom. The number of rotatable bonds is 5. The van der Waals surface area contributed by atoms with E-state index in [-0.39, 0.29) is 12.5 Å². The highest BCUT2D eigenvalue weighted by molar-refractivity contribution is 6.31. The molecule has 2 N–H and O–H groups in total. The Morgan fingerprint density at radius 1 is 1.44 bits per heavy atom. The summed E-state index contributed by atoms with van der Waals surface area (Å²) in [5.74, 6) is -0.132. The van der Waals surface area contributed by atoms with Crippen LogP contribution in [-0.4, -0.2) is 43.1 Å². The SMILES string of the molecule is CN(C)CC(=O)NC[C@@](C)(O)c1ccccc1Cl. The van der Waals surface area contributed by atoms with Gasteiger partial charge in [-0.1, -0.05) is 29.8 Å². The van der Waals surface area contributed by atoms with Crippen molar-refractivity contribution < 1.29 is 9.90 Å². The Kier molecular flexibility index (Phi) is 5.14. The highest BCUT2D eigenvalue weighted by Crippen LogP contribution is 2.26. The molecule has 0 aliphatic heterocycles. The number of aliphatic hydroxyl groups is 1. The molecule has 0 saturated carbocycles. The third kappa shape index (κ3) is 4.29. The van der Waals surface area contributed by atoms with Crippen LogP contribution in [0.3, 0.4) is 0 Å². The first-order valence-electron chi connectivity index (χ1n) is 5.72. The summed E-state index contributed by atoms with van der Waals surface area (Å²) >= 11 is 6.03. The smallest absolute Gasteiger partial charge is 0.234 e. The van der Waals surface area contributed by atoms with Gasteiger partial charge < -0.3 is 15.3 Å². The van der Waals surface area contributed by atoms with Crippen LogP contribution in [0.25, 0.3) is 0 Å². The van der Waals surface area contributed by atoms with Gasteiger partial charge in [0.25, 0.3) is 0 Å². The third-order valence-corrected chi connectivity index (χ3v) is 2.87. The van der Waals surface area contributed by atoms with E-state index < -0.39 is 5.60 Å². The Hall–Kier alpha value is -1.10. The summed E-state index contributed by atoms with van der Waals surface area (Å²) in [5, 5.41) is 13.5. The summed E-state index contributed by atoms with van der Waals surface area (Å²) in [5.41, 5.74) is -0.572. The lowest BCUT2D eigenvalue weighted by Gasteiger charge is -2.25. The molecule has 1 aromatic carbocycles. The third-order valence-electron chi connectivity index (χ3n) is 2.54. The molecule has 0 aliphatic carbocycles. The average molecular weight is 271 g/mol. The van der Waals surface area contributed by atoms with Crippen LogP contribution < -0.4 is 5.32 Å². The van der Waals surface area contributed by atoms with Gasteiger partial charge in [0.2, 0.25) is 5.91 Å². The number of amides is 1. The van der Waals surface area contributed by atoms with Crippen molar-refractivity contribution in [1.82, 2.24) is 10.2 Å². The molecule has 0 unspecified atom stereocenters. The van der Waals surface area contributed by atoms with Crippen LogP contribution in [0.5, 0.6) is 0 Å². The number of carbonyl (C=O) groups excluding carboxylic acids is 1. The molecule has 0 aromatic heterocycles. The fraction of sp³-hybridized carbons (Fsp3) is 0.462. The molecule has 1 atom stereocenters. The van der Waals surface area contributed by atoms with E-state index in [4.69, 9.17) is 11.6 Å². The van der Waals surface area contributed by atoms with E-state index in [1.807, 2.05) is 14.1 Å². The van der Waals surface area contributed by atoms with Gasteiger partial charge in [-0.2, -0.15) is 0 Å². The molecule has 0 heterocycles. The molecule has 0 aliphatic rings. The van der Waals surface area contributed by atoms with Gasteiger partial charge in [-0.05, 0) is 27.1 Å². The lowest BCUT2D eigenvalue weighted by molar-refractivity contribution is -0.122. The Bertz CT molecular complexity index is 419. The summed E-state index contributed by atoms with van der Waals surface area (Å²) in [7, 11) is 3.62. The van der Waals surface area contributed by atoms with E-state index in [1.54, 1.807) is 36.1 Å². The predicted octanol–water partition coefficient (Wildman–Crippen LogP) is 1.23. The zero-order valence-electron chi connectivity index (χ0n) is 10.9. The van der Waals surface area contributed by atoms with Crippen LogP contribution in [0.4, 0.5) is 0 Å². The summed E-state index contributed by atoms with van der Waals surface area (Å²) in [6.07, 6.45) is 0. The van der Waals surface area contributed by atoms with E-state index in [0.29, 0.717) is 17.1 Å². The fourth-order valence-corrected chi connectivity index (χ4v) is 1.95. The molecule has 0 fully saturated rings. The average Bonchev–Trinajstić information content (AvgIpc) is 2.26. The maximum absolute atomic E-state index is 11.5. The number of carbonyl (C=O) groups is 1. The van der Waals surface area contributed by atoms with Crippen LogP contribution in [0.2, 0.25) is 5.02 Å². The predicted molar refractivity (Wildman–Crippen MR) is 72.6 cm³/mol. The van der Waals surface area contributed by atoms with Gasteiger partial charge in [0.05, 0.1) is 13.1 Å². The molecule has 18 heavy (non-hydrogen) atoms. The number of benzene rings is 1. The minimum Gasteiger partial charge on any atom is -0.384 e. The lowest BCUT2D eigenvalue weighted by atomic mass is 9.96. The van der Waals surface area contributed by atoms with Gasteiger partial charge in [0, 0.05) is 10.6 Å². The maximum Gasteiger partial charge on any atom is 0.234 e. The second-order valence-electron chi connectivity index (χ2n) is 4.77. The number of nitrogens with zero attached hydrogens (tertiary/aromatic N) is 1.